The van der Waals surface area contributed by atoms with Crippen LogP contribution in [0.4, 0.5) is 5.82 Å². The summed E-state index contributed by atoms with van der Waals surface area (Å²) in [5, 5.41) is 13.3. The van der Waals surface area contributed by atoms with Crippen LogP contribution in [-0.2, 0) is 4.79 Å². The van der Waals surface area contributed by atoms with E-state index in [9.17, 15) is 4.79 Å². The van der Waals surface area contributed by atoms with E-state index in [2.05, 4.69) is 21.2 Å². The van der Waals surface area contributed by atoms with Crippen LogP contribution in [0.5, 0.6) is 0 Å². The number of piperazine rings is 2. The normalized spacial score (nSPS) is 21.5. The van der Waals surface area contributed by atoms with Crippen LogP contribution in [0.25, 0.3) is 5.69 Å². The Morgan fingerprint density at radius 3 is 2.79 bits per heavy atom. The topological polar surface area (TPSA) is 81.3 Å². The second-order valence-electron chi connectivity index (χ2n) is 5.91. The van der Waals surface area contributed by atoms with Gasteiger partial charge < -0.3 is 4.90 Å². The van der Waals surface area contributed by atoms with Crippen molar-refractivity contribution in [1.82, 2.24) is 24.6 Å². The number of nitrogens with zero attached hydrogens (tertiary/aromatic N) is 7. The minimum Gasteiger partial charge on any atom is -0.307 e. The number of aromatic nitrogens is 3. The maximum atomic E-state index is 12.8. The summed E-state index contributed by atoms with van der Waals surface area (Å²) in [6.45, 7) is 3.33. The van der Waals surface area contributed by atoms with E-state index in [1.807, 2.05) is 24.4 Å². The summed E-state index contributed by atoms with van der Waals surface area (Å²) in [6.07, 6.45) is 7.41. The van der Waals surface area contributed by atoms with Crippen molar-refractivity contribution in [1.29, 1.82) is 5.26 Å². The smallest absolute Gasteiger partial charge is 0.247 e. The summed E-state index contributed by atoms with van der Waals surface area (Å²) in [7, 11) is 0. The first-order chi connectivity index (χ1) is 11.8. The number of anilines is 1. The number of carbonyl (C=O) groups excluding carboxylic acids is 1. The average Bonchev–Trinajstić information content (AvgIpc) is 3.17. The Morgan fingerprint density at radius 1 is 1.21 bits per heavy atom. The van der Waals surface area contributed by atoms with Gasteiger partial charge in [-0.25, -0.2) is 9.67 Å². The van der Waals surface area contributed by atoms with Crippen molar-refractivity contribution >= 4 is 11.7 Å². The highest BCUT2D eigenvalue weighted by Crippen LogP contribution is 2.22. The molecule has 1 unspecified atom stereocenters. The van der Waals surface area contributed by atoms with Gasteiger partial charge in [0, 0.05) is 38.6 Å². The van der Waals surface area contributed by atoms with E-state index >= 15 is 0 Å². The molecule has 0 radical (unpaired) electrons. The molecule has 2 aromatic heterocycles. The number of pyridine rings is 1. The predicted octanol–water partition coefficient (Wildman–Crippen LogP) is 0.0812. The number of hydrogen-bond acceptors (Lipinski definition) is 6. The molecule has 8 nitrogen and oxygen atoms in total. The molecule has 122 valence electrons. The predicted molar refractivity (Wildman–Crippen MR) is 86.3 cm³/mol. The molecule has 24 heavy (non-hydrogen) atoms. The first kappa shape index (κ1) is 14.7. The zero-order valence-electron chi connectivity index (χ0n) is 13.1. The Balaban J connectivity index is 1.54. The molecule has 1 atom stereocenters. The molecule has 0 N–H and O–H groups in total. The van der Waals surface area contributed by atoms with E-state index in [-0.39, 0.29) is 11.9 Å². The summed E-state index contributed by atoms with van der Waals surface area (Å²) in [4.78, 5) is 22.8. The van der Waals surface area contributed by atoms with E-state index in [4.69, 9.17) is 5.26 Å². The number of rotatable bonds is 2. The number of amides is 1. The van der Waals surface area contributed by atoms with Crippen molar-refractivity contribution in [2.45, 2.75) is 6.04 Å². The minimum absolute atomic E-state index is 0.0144. The van der Waals surface area contributed by atoms with Crippen LogP contribution in [0.1, 0.15) is 0 Å². The van der Waals surface area contributed by atoms with Crippen molar-refractivity contribution in [3.05, 3.63) is 36.8 Å². The zero-order valence-corrected chi connectivity index (χ0v) is 13.1. The standard InChI is InChI=1S/C16H17N7O/c17-12-20-6-7-21-8-9-22(16(24)14(21)11-20)15-3-2-13(10-18-15)23-5-1-4-19-23/h1-5,10,14H,6-9,11H2. The number of carbonyl (C=O) groups is 1. The van der Waals surface area contributed by atoms with Crippen molar-refractivity contribution in [3.8, 4) is 11.9 Å². The lowest BCUT2D eigenvalue weighted by molar-refractivity contribution is -0.127. The fourth-order valence-corrected chi connectivity index (χ4v) is 3.25. The van der Waals surface area contributed by atoms with Gasteiger partial charge in [0.1, 0.15) is 11.9 Å². The Kier molecular flexibility index (Phi) is 3.63. The molecule has 2 aliphatic rings. The molecule has 0 aliphatic carbocycles. The van der Waals surface area contributed by atoms with Gasteiger partial charge in [0.25, 0.3) is 0 Å². The van der Waals surface area contributed by atoms with E-state index in [1.165, 1.54) is 0 Å². The highest BCUT2D eigenvalue weighted by molar-refractivity contribution is 5.97. The molecule has 8 heteroatoms. The Morgan fingerprint density at radius 2 is 2.08 bits per heavy atom. The molecule has 1 amide bonds. The molecule has 4 heterocycles. The second kappa shape index (κ2) is 5.94. The molecule has 4 rings (SSSR count). The zero-order chi connectivity index (χ0) is 16.5. The molecule has 0 saturated carbocycles. The van der Waals surface area contributed by atoms with Crippen molar-refractivity contribution in [2.75, 3.05) is 37.6 Å². The fourth-order valence-electron chi connectivity index (χ4n) is 3.25. The summed E-state index contributed by atoms with van der Waals surface area (Å²) in [5.74, 6) is 0.658. The van der Waals surface area contributed by atoms with E-state index in [0.717, 1.165) is 18.8 Å². The van der Waals surface area contributed by atoms with Gasteiger partial charge in [0.2, 0.25) is 5.91 Å². The number of nitriles is 1. The van der Waals surface area contributed by atoms with E-state index in [0.29, 0.717) is 25.5 Å². The largest absolute Gasteiger partial charge is 0.307 e. The van der Waals surface area contributed by atoms with Crippen LogP contribution in [-0.4, -0.2) is 69.2 Å². The SMILES string of the molecule is N#CN1CCN2CCN(c3ccc(-n4cccn4)cn3)C(=O)C2C1. The Bertz CT molecular complexity index is 765. The van der Waals surface area contributed by atoms with E-state index < -0.39 is 0 Å². The Hall–Kier alpha value is -2.92. The lowest BCUT2D eigenvalue weighted by Crippen LogP contribution is -2.64. The molecule has 2 saturated heterocycles. The van der Waals surface area contributed by atoms with Gasteiger partial charge in [-0.05, 0) is 18.2 Å². The van der Waals surface area contributed by atoms with Crippen molar-refractivity contribution < 1.29 is 4.79 Å². The van der Waals surface area contributed by atoms with Crippen molar-refractivity contribution in [2.24, 2.45) is 0 Å². The maximum Gasteiger partial charge on any atom is 0.247 e. The molecule has 2 fully saturated rings. The summed E-state index contributed by atoms with van der Waals surface area (Å²) >= 11 is 0. The van der Waals surface area contributed by atoms with Crippen LogP contribution < -0.4 is 4.90 Å². The first-order valence-electron chi connectivity index (χ1n) is 7.92. The molecule has 0 bridgehead atoms. The van der Waals surface area contributed by atoms with Gasteiger partial charge in [-0.1, -0.05) is 0 Å². The number of hydrogen-bond donors (Lipinski definition) is 0. The molecular weight excluding hydrogens is 306 g/mol. The lowest BCUT2D eigenvalue weighted by atomic mass is 10.1. The quantitative estimate of drug-likeness (QED) is 0.728. The second-order valence-corrected chi connectivity index (χ2v) is 5.91. The van der Waals surface area contributed by atoms with Crippen LogP contribution in [0.2, 0.25) is 0 Å². The van der Waals surface area contributed by atoms with Gasteiger partial charge in [-0.2, -0.15) is 10.4 Å². The molecule has 2 aromatic rings. The fraction of sp³-hybridized carbons (Fsp3) is 0.375. The van der Waals surface area contributed by atoms with Gasteiger partial charge in [0.15, 0.2) is 6.19 Å². The van der Waals surface area contributed by atoms with Crippen LogP contribution in [0, 0.1) is 11.5 Å². The third-order valence-electron chi connectivity index (χ3n) is 4.57. The average molecular weight is 323 g/mol. The van der Waals surface area contributed by atoms with Crippen LogP contribution in [0.15, 0.2) is 36.8 Å². The molecule has 0 spiro atoms. The van der Waals surface area contributed by atoms with Crippen LogP contribution >= 0.6 is 0 Å². The third kappa shape index (κ3) is 2.49. The molecule has 2 aliphatic heterocycles. The highest BCUT2D eigenvalue weighted by atomic mass is 16.2. The number of fused-ring (bicyclic) bond motifs is 1. The monoisotopic (exact) mass is 323 g/mol. The summed E-state index contributed by atoms with van der Waals surface area (Å²) < 4.78 is 1.72. The van der Waals surface area contributed by atoms with Gasteiger partial charge in [-0.15, -0.1) is 0 Å². The Labute approximate surface area is 139 Å². The van der Waals surface area contributed by atoms with E-state index in [1.54, 1.807) is 26.9 Å². The third-order valence-corrected chi connectivity index (χ3v) is 4.57. The summed E-state index contributed by atoms with van der Waals surface area (Å²) in [6, 6.07) is 5.33. The maximum absolute atomic E-state index is 12.8. The lowest BCUT2D eigenvalue weighted by Gasteiger charge is -2.44. The van der Waals surface area contributed by atoms with Gasteiger partial charge in [0.05, 0.1) is 18.4 Å². The van der Waals surface area contributed by atoms with Gasteiger partial charge >= 0.3 is 0 Å². The summed E-state index contributed by atoms with van der Waals surface area (Å²) in [5.41, 5.74) is 0.850. The highest BCUT2D eigenvalue weighted by Gasteiger charge is 2.39. The minimum atomic E-state index is -0.264. The molecule has 0 aromatic carbocycles. The first-order valence-corrected chi connectivity index (χ1v) is 7.92. The van der Waals surface area contributed by atoms with Crippen LogP contribution in [0.3, 0.4) is 0 Å². The van der Waals surface area contributed by atoms with Gasteiger partial charge in [-0.3, -0.25) is 14.6 Å². The molecular formula is C16H17N7O. The van der Waals surface area contributed by atoms with Crippen molar-refractivity contribution in [3.63, 3.8) is 0 Å².